The summed E-state index contributed by atoms with van der Waals surface area (Å²) < 4.78 is 38.7. The minimum absolute atomic E-state index is 0.0335. The summed E-state index contributed by atoms with van der Waals surface area (Å²) in [7, 11) is -3.71. The minimum atomic E-state index is -3.71. The van der Waals surface area contributed by atoms with Crippen LogP contribution in [0.15, 0.2) is 114 Å². The molecular formula is C30H28N2O7S. The smallest absolute Gasteiger partial charge is 0.408 e. The molecule has 206 valence electrons. The van der Waals surface area contributed by atoms with E-state index in [4.69, 9.17) is 9.47 Å². The molecule has 0 spiro atoms. The van der Waals surface area contributed by atoms with Crippen molar-refractivity contribution >= 4 is 27.8 Å². The molecule has 4 aromatic rings. The van der Waals surface area contributed by atoms with E-state index in [-0.39, 0.29) is 24.5 Å². The Morgan fingerprint density at radius 1 is 0.750 bits per heavy atom. The van der Waals surface area contributed by atoms with Gasteiger partial charge in [0.05, 0.1) is 10.6 Å². The van der Waals surface area contributed by atoms with Gasteiger partial charge in [-0.2, -0.15) is 0 Å². The Bertz CT molecular complexity index is 1530. The summed E-state index contributed by atoms with van der Waals surface area (Å²) in [5.74, 6) is -0.662. The lowest BCUT2D eigenvalue weighted by atomic mass is 10.1. The molecule has 4 rings (SSSR count). The Kier molecular flexibility index (Phi) is 9.37. The number of hydrogen-bond acceptors (Lipinski definition) is 6. The van der Waals surface area contributed by atoms with Crippen LogP contribution in [0.2, 0.25) is 0 Å². The Morgan fingerprint density at radius 2 is 1.38 bits per heavy atom. The van der Waals surface area contributed by atoms with Gasteiger partial charge in [0.2, 0.25) is 0 Å². The summed E-state index contributed by atoms with van der Waals surface area (Å²) in [5, 5.41) is 11.8. The van der Waals surface area contributed by atoms with Crippen LogP contribution < -0.4 is 14.8 Å². The lowest BCUT2D eigenvalue weighted by molar-refractivity contribution is -0.139. The molecule has 1 unspecified atom stereocenters. The van der Waals surface area contributed by atoms with Crippen molar-refractivity contribution in [1.29, 1.82) is 0 Å². The summed E-state index contributed by atoms with van der Waals surface area (Å²) in [6.45, 7) is 0.199. The van der Waals surface area contributed by atoms with E-state index in [9.17, 15) is 23.1 Å². The second kappa shape index (κ2) is 13.3. The van der Waals surface area contributed by atoms with Gasteiger partial charge < -0.3 is 19.9 Å². The third-order valence-electron chi connectivity index (χ3n) is 5.81. The minimum Gasteiger partial charge on any atom is -0.489 e. The topological polar surface area (TPSA) is 131 Å². The van der Waals surface area contributed by atoms with Crippen molar-refractivity contribution in [2.24, 2.45) is 0 Å². The molecule has 0 bridgehead atoms. The van der Waals surface area contributed by atoms with Gasteiger partial charge >= 0.3 is 12.1 Å². The zero-order valence-electron chi connectivity index (χ0n) is 21.4. The van der Waals surface area contributed by atoms with Crippen molar-refractivity contribution in [3.05, 3.63) is 126 Å². The molecule has 10 heteroatoms. The number of carboxylic acids is 1. The largest absolute Gasteiger partial charge is 0.489 e. The maximum Gasteiger partial charge on any atom is 0.408 e. The fourth-order valence-corrected chi connectivity index (χ4v) is 4.81. The average molecular weight is 561 g/mol. The number of nitrogens with one attached hydrogen (secondary N) is 2. The third kappa shape index (κ3) is 8.34. The average Bonchev–Trinajstić information content (AvgIpc) is 2.96. The summed E-state index contributed by atoms with van der Waals surface area (Å²) in [4.78, 5) is 23.9. The monoisotopic (exact) mass is 560 g/mol. The molecular weight excluding hydrogens is 532 g/mol. The van der Waals surface area contributed by atoms with Gasteiger partial charge in [0.1, 0.15) is 25.0 Å². The van der Waals surface area contributed by atoms with Crippen LogP contribution in [0.1, 0.15) is 16.7 Å². The molecule has 3 N–H and O–H groups in total. The van der Waals surface area contributed by atoms with E-state index in [0.29, 0.717) is 17.0 Å². The molecule has 0 radical (unpaired) electrons. The van der Waals surface area contributed by atoms with E-state index in [1.54, 1.807) is 78.9 Å². The lowest BCUT2D eigenvalue weighted by Crippen LogP contribution is -2.42. The van der Waals surface area contributed by atoms with Gasteiger partial charge in [0.25, 0.3) is 10.0 Å². The van der Waals surface area contributed by atoms with Crippen LogP contribution in [0.3, 0.4) is 0 Å². The molecule has 0 aliphatic carbocycles. The number of aliphatic carboxylic acids is 1. The van der Waals surface area contributed by atoms with Crippen molar-refractivity contribution in [1.82, 2.24) is 5.32 Å². The van der Waals surface area contributed by atoms with Crippen molar-refractivity contribution in [3.63, 3.8) is 0 Å². The number of ether oxygens (including phenoxy) is 2. The van der Waals surface area contributed by atoms with Crippen molar-refractivity contribution in [3.8, 4) is 5.75 Å². The highest BCUT2D eigenvalue weighted by atomic mass is 32.2. The van der Waals surface area contributed by atoms with E-state index in [1.807, 2.05) is 18.2 Å². The molecule has 40 heavy (non-hydrogen) atoms. The number of anilines is 1. The zero-order chi connectivity index (χ0) is 28.4. The summed E-state index contributed by atoms with van der Waals surface area (Å²) in [5.41, 5.74) is 2.72. The van der Waals surface area contributed by atoms with Crippen LogP contribution in [0.5, 0.6) is 5.75 Å². The first-order valence-electron chi connectivity index (χ1n) is 12.4. The lowest BCUT2D eigenvalue weighted by Gasteiger charge is -2.15. The Hall–Kier alpha value is -4.83. The molecule has 0 saturated carbocycles. The second-order valence-electron chi connectivity index (χ2n) is 8.85. The van der Waals surface area contributed by atoms with Crippen LogP contribution in [0, 0.1) is 0 Å². The molecule has 0 heterocycles. The van der Waals surface area contributed by atoms with E-state index in [1.165, 1.54) is 12.1 Å². The van der Waals surface area contributed by atoms with Crippen LogP contribution in [-0.2, 0) is 39.2 Å². The van der Waals surface area contributed by atoms with Gasteiger partial charge in [0.15, 0.2) is 0 Å². The molecule has 1 atom stereocenters. The van der Waals surface area contributed by atoms with Crippen molar-refractivity contribution in [2.75, 3.05) is 4.72 Å². The Morgan fingerprint density at radius 3 is 2.02 bits per heavy atom. The van der Waals surface area contributed by atoms with E-state index < -0.39 is 28.1 Å². The van der Waals surface area contributed by atoms with Gasteiger partial charge in [0, 0.05) is 12.5 Å². The predicted octanol–water partition coefficient (Wildman–Crippen LogP) is 4.99. The number of alkyl carbamates (subject to hydrolysis) is 1. The molecule has 0 aliphatic heterocycles. The number of carbonyl (C=O) groups is 2. The van der Waals surface area contributed by atoms with Gasteiger partial charge in [-0.25, -0.2) is 18.0 Å². The Balaban J connectivity index is 1.25. The summed E-state index contributed by atoms with van der Waals surface area (Å²) in [6, 6.07) is 29.8. The maximum absolute atomic E-state index is 12.6. The van der Waals surface area contributed by atoms with Crippen LogP contribution in [-0.4, -0.2) is 31.6 Å². The van der Waals surface area contributed by atoms with Crippen LogP contribution >= 0.6 is 0 Å². The fraction of sp³-hybridized carbons (Fsp3) is 0.133. The van der Waals surface area contributed by atoms with Crippen LogP contribution in [0.25, 0.3) is 0 Å². The highest BCUT2D eigenvalue weighted by Gasteiger charge is 2.21. The zero-order valence-corrected chi connectivity index (χ0v) is 22.2. The second-order valence-corrected chi connectivity index (χ2v) is 10.5. The first-order valence-corrected chi connectivity index (χ1v) is 13.9. The highest BCUT2D eigenvalue weighted by molar-refractivity contribution is 7.92. The van der Waals surface area contributed by atoms with E-state index >= 15 is 0 Å². The Labute approximate surface area is 232 Å². The van der Waals surface area contributed by atoms with E-state index in [0.717, 1.165) is 11.1 Å². The summed E-state index contributed by atoms with van der Waals surface area (Å²) >= 11 is 0. The number of benzene rings is 4. The van der Waals surface area contributed by atoms with Crippen LogP contribution in [0.4, 0.5) is 10.5 Å². The summed E-state index contributed by atoms with van der Waals surface area (Å²) in [6.07, 6.45) is -0.680. The molecule has 4 aromatic carbocycles. The number of rotatable bonds is 12. The number of carbonyl (C=O) groups excluding carboxylic acids is 1. The molecule has 0 fully saturated rings. The number of hydrogen-bond donors (Lipinski definition) is 3. The van der Waals surface area contributed by atoms with Gasteiger partial charge in [-0.05, 0) is 41.0 Å². The highest BCUT2D eigenvalue weighted by Crippen LogP contribution is 2.22. The fourth-order valence-electron chi connectivity index (χ4n) is 3.74. The first kappa shape index (κ1) is 28.2. The van der Waals surface area contributed by atoms with Crippen molar-refractivity contribution < 1.29 is 32.6 Å². The molecule has 0 aliphatic rings. The number of sulfonamides is 1. The van der Waals surface area contributed by atoms with Gasteiger partial charge in [-0.15, -0.1) is 0 Å². The third-order valence-corrected chi connectivity index (χ3v) is 7.21. The molecule has 0 saturated heterocycles. The van der Waals surface area contributed by atoms with Gasteiger partial charge in [-0.3, -0.25) is 4.72 Å². The SMILES string of the molecule is O=C(NC(Cc1ccccc1)C(=O)O)OCc1ccc(COc2cccc(NS(=O)(=O)c3ccccc3)c2)cc1. The van der Waals surface area contributed by atoms with Gasteiger partial charge in [-0.1, -0.05) is 78.9 Å². The number of carboxylic acid groups (broad SMARTS) is 1. The molecule has 1 amide bonds. The predicted molar refractivity (Wildman–Crippen MR) is 149 cm³/mol. The quantitative estimate of drug-likeness (QED) is 0.223. The molecule has 9 nitrogen and oxygen atoms in total. The first-order chi connectivity index (χ1) is 19.3. The van der Waals surface area contributed by atoms with E-state index in [2.05, 4.69) is 10.0 Å². The molecule has 0 aromatic heterocycles. The standard InChI is InChI=1S/C30H28N2O7S/c33-29(34)28(18-22-8-3-1-4-9-22)31-30(35)39-21-24-16-14-23(15-17-24)20-38-26-11-7-10-25(19-26)32-40(36,37)27-12-5-2-6-13-27/h1-17,19,28,32H,18,20-21H2,(H,31,35)(H,33,34). The number of amides is 1. The normalized spacial score (nSPS) is 11.7. The van der Waals surface area contributed by atoms with Crippen molar-refractivity contribution in [2.45, 2.75) is 30.6 Å². The maximum atomic E-state index is 12.6.